The van der Waals surface area contributed by atoms with Gasteiger partial charge in [0.1, 0.15) is 4.90 Å². The number of rotatable bonds is 6. The molecule has 1 aliphatic carbocycles. The lowest BCUT2D eigenvalue weighted by Gasteiger charge is -2.41. The SMILES string of the molecule is CCC1(CNS(=O)(=O)c2cc(CO)ccc2Cl)CCC1. The minimum Gasteiger partial charge on any atom is -0.392 e. The summed E-state index contributed by atoms with van der Waals surface area (Å²) in [5.41, 5.74) is 0.636. The number of benzene rings is 1. The Balaban J connectivity index is 2.18. The number of aliphatic hydroxyl groups is 1. The van der Waals surface area contributed by atoms with Gasteiger partial charge in [0.15, 0.2) is 0 Å². The molecule has 0 bridgehead atoms. The zero-order valence-electron chi connectivity index (χ0n) is 11.5. The molecule has 0 unspecified atom stereocenters. The molecule has 1 aliphatic rings. The Morgan fingerprint density at radius 3 is 2.60 bits per heavy atom. The van der Waals surface area contributed by atoms with Gasteiger partial charge in [-0.15, -0.1) is 0 Å². The van der Waals surface area contributed by atoms with E-state index in [-0.39, 0.29) is 21.9 Å². The summed E-state index contributed by atoms with van der Waals surface area (Å²) in [7, 11) is -3.64. The second-order valence-corrected chi connectivity index (χ2v) is 7.60. The number of aliphatic hydroxyl groups excluding tert-OH is 1. The second kappa shape index (κ2) is 6.02. The summed E-state index contributed by atoms with van der Waals surface area (Å²) in [6, 6.07) is 4.53. The summed E-state index contributed by atoms with van der Waals surface area (Å²) in [4.78, 5) is 0.0382. The van der Waals surface area contributed by atoms with E-state index in [1.165, 1.54) is 12.1 Å². The van der Waals surface area contributed by atoms with Gasteiger partial charge in [0, 0.05) is 6.54 Å². The van der Waals surface area contributed by atoms with E-state index in [0.29, 0.717) is 12.1 Å². The molecule has 20 heavy (non-hydrogen) atoms. The van der Waals surface area contributed by atoms with Crippen molar-refractivity contribution in [1.82, 2.24) is 4.72 Å². The maximum absolute atomic E-state index is 12.3. The first-order valence-corrected chi connectivity index (χ1v) is 8.67. The van der Waals surface area contributed by atoms with Gasteiger partial charge >= 0.3 is 0 Å². The summed E-state index contributed by atoms with van der Waals surface area (Å²) in [5, 5.41) is 9.28. The van der Waals surface area contributed by atoms with Crippen LogP contribution in [0.25, 0.3) is 0 Å². The maximum atomic E-state index is 12.3. The van der Waals surface area contributed by atoms with Gasteiger partial charge in [0.2, 0.25) is 10.0 Å². The fraction of sp³-hybridized carbons (Fsp3) is 0.571. The molecule has 1 aromatic carbocycles. The highest BCUT2D eigenvalue weighted by molar-refractivity contribution is 7.89. The highest BCUT2D eigenvalue weighted by Gasteiger charge is 2.36. The third-order valence-corrected chi connectivity index (χ3v) is 6.15. The van der Waals surface area contributed by atoms with Crippen molar-refractivity contribution in [3.63, 3.8) is 0 Å². The molecule has 0 aliphatic heterocycles. The third kappa shape index (κ3) is 3.17. The van der Waals surface area contributed by atoms with Crippen molar-refractivity contribution in [3.05, 3.63) is 28.8 Å². The average Bonchev–Trinajstić information content (AvgIpc) is 2.38. The summed E-state index contributed by atoms with van der Waals surface area (Å²) < 4.78 is 27.4. The van der Waals surface area contributed by atoms with E-state index in [9.17, 15) is 8.42 Å². The first kappa shape index (κ1) is 15.8. The van der Waals surface area contributed by atoms with Gasteiger partial charge in [-0.25, -0.2) is 13.1 Å². The minimum atomic E-state index is -3.64. The molecule has 1 aromatic rings. The highest BCUT2D eigenvalue weighted by Crippen LogP contribution is 2.43. The van der Waals surface area contributed by atoms with Crippen molar-refractivity contribution in [1.29, 1.82) is 0 Å². The molecule has 112 valence electrons. The molecule has 0 spiro atoms. The van der Waals surface area contributed by atoms with E-state index >= 15 is 0 Å². The van der Waals surface area contributed by atoms with Gasteiger partial charge in [-0.2, -0.15) is 0 Å². The topological polar surface area (TPSA) is 66.4 Å². The van der Waals surface area contributed by atoms with Crippen LogP contribution in [-0.2, 0) is 16.6 Å². The van der Waals surface area contributed by atoms with Gasteiger partial charge in [-0.05, 0) is 42.4 Å². The molecular formula is C14H20ClNO3S. The van der Waals surface area contributed by atoms with E-state index in [4.69, 9.17) is 16.7 Å². The lowest BCUT2D eigenvalue weighted by molar-refractivity contribution is 0.133. The summed E-state index contributed by atoms with van der Waals surface area (Å²) >= 11 is 5.97. The molecule has 0 heterocycles. The van der Waals surface area contributed by atoms with Crippen LogP contribution in [0.3, 0.4) is 0 Å². The first-order valence-electron chi connectivity index (χ1n) is 6.81. The zero-order chi connectivity index (χ0) is 14.8. The molecule has 6 heteroatoms. The van der Waals surface area contributed by atoms with Crippen LogP contribution in [0.4, 0.5) is 0 Å². The normalized spacial score (nSPS) is 17.8. The van der Waals surface area contributed by atoms with Gasteiger partial charge in [-0.1, -0.05) is 31.0 Å². The summed E-state index contributed by atoms with van der Waals surface area (Å²) in [6.07, 6.45) is 4.27. The summed E-state index contributed by atoms with van der Waals surface area (Å²) in [6.45, 7) is 2.33. The van der Waals surface area contributed by atoms with Crippen molar-refractivity contribution < 1.29 is 13.5 Å². The fourth-order valence-corrected chi connectivity index (χ4v) is 4.22. The number of sulfonamides is 1. The van der Waals surface area contributed by atoms with Crippen LogP contribution < -0.4 is 4.72 Å². The standard InChI is InChI=1S/C14H20ClNO3S/c1-2-14(6-3-7-14)10-16-20(18,19)13-8-11(9-17)4-5-12(13)15/h4-5,8,16-17H,2-3,6-7,9-10H2,1H3. The zero-order valence-corrected chi connectivity index (χ0v) is 13.1. The molecule has 0 atom stereocenters. The smallest absolute Gasteiger partial charge is 0.242 e. The second-order valence-electron chi connectivity index (χ2n) is 5.45. The molecule has 4 nitrogen and oxygen atoms in total. The van der Waals surface area contributed by atoms with Crippen LogP contribution in [0.2, 0.25) is 5.02 Å². The number of halogens is 1. The van der Waals surface area contributed by atoms with Crippen molar-refractivity contribution in [2.24, 2.45) is 5.41 Å². The van der Waals surface area contributed by atoms with Crippen LogP contribution >= 0.6 is 11.6 Å². The Bertz CT molecular complexity index is 577. The van der Waals surface area contributed by atoms with E-state index in [0.717, 1.165) is 25.7 Å². The van der Waals surface area contributed by atoms with Crippen LogP contribution in [-0.4, -0.2) is 20.1 Å². The van der Waals surface area contributed by atoms with Crippen LogP contribution in [0.1, 0.15) is 38.2 Å². The number of hydrogen-bond donors (Lipinski definition) is 2. The fourth-order valence-electron chi connectivity index (χ4n) is 2.51. The van der Waals surface area contributed by atoms with Crippen molar-refractivity contribution in [2.45, 2.75) is 44.1 Å². The number of hydrogen-bond acceptors (Lipinski definition) is 3. The Morgan fingerprint density at radius 2 is 2.10 bits per heavy atom. The molecule has 1 fully saturated rings. The van der Waals surface area contributed by atoms with E-state index in [1.54, 1.807) is 6.07 Å². The van der Waals surface area contributed by atoms with Crippen molar-refractivity contribution in [2.75, 3.05) is 6.54 Å². The van der Waals surface area contributed by atoms with E-state index in [2.05, 4.69) is 11.6 Å². The molecular weight excluding hydrogens is 298 g/mol. The van der Waals surface area contributed by atoms with Gasteiger partial charge < -0.3 is 5.11 Å². The Labute approximate surface area is 125 Å². The van der Waals surface area contributed by atoms with E-state index < -0.39 is 10.0 Å². The monoisotopic (exact) mass is 317 g/mol. The maximum Gasteiger partial charge on any atom is 0.242 e. The summed E-state index contributed by atoms with van der Waals surface area (Å²) in [5.74, 6) is 0. The largest absolute Gasteiger partial charge is 0.392 e. The molecule has 0 aromatic heterocycles. The lowest BCUT2D eigenvalue weighted by Crippen LogP contribution is -2.41. The van der Waals surface area contributed by atoms with Crippen LogP contribution in [0.15, 0.2) is 23.1 Å². The average molecular weight is 318 g/mol. The van der Waals surface area contributed by atoms with Gasteiger partial charge in [0.05, 0.1) is 11.6 Å². The minimum absolute atomic E-state index is 0.0382. The first-order chi connectivity index (χ1) is 9.42. The van der Waals surface area contributed by atoms with Crippen molar-refractivity contribution in [3.8, 4) is 0 Å². The van der Waals surface area contributed by atoms with Crippen molar-refractivity contribution >= 4 is 21.6 Å². The Hall–Kier alpha value is -0.620. The quantitative estimate of drug-likeness (QED) is 0.847. The van der Waals surface area contributed by atoms with Gasteiger partial charge in [0.25, 0.3) is 0 Å². The molecule has 2 rings (SSSR count). The van der Waals surface area contributed by atoms with Gasteiger partial charge in [-0.3, -0.25) is 0 Å². The molecule has 2 N–H and O–H groups in total. The highest BCUT2D eigenvalue weighted by atomic mass is 35.5. The van der Waals surface area contributed by atoms with Crippen LogP contribution in [0.5, 0.6) is 0 Å². The molecule has 0 radical (unpaired) electrons. The van der Waals surface area contributed by atoms with E-state index in [1.807, 2.05) is 0 Å². The Morgan fingerprint density at radius 1 is 1.40 bits per heavy atom. The Kier molecular flexibility index (Phi) is 4.74. The molecule has 0 saturated heterocycles. The number of nitrogens with one attached hydrogen (secondary N) is 1. The predicted molar refractivity (Wildman–Crippen MR) is 79.1 cm³/mol. The molecule has 0 amide bonds. The third-order valence-electron chi connectivity index (χ3n) is 4.27. The molecule has 1 saturated carbocycles. The predicted octanol–water partition coefficient (Wildman–Crippen LogP) is 2.69. The lowest BCUT2D eigenvalue weighted by atomic mass is 9.67. The van der Waals surface area contributed by atoms with Crippen LogP contribution in [0, 0.1) is 5.41 Å².